The first-order valence-corrected chi connectivity index (χ1v) is 11.9. The maximum Gasteiger partial charge on any atom is 0.0581 e. The first kappa shape index (κ1) is 29.4. The highest BCUT2D eigenvalue weighted by Crippen LogP contribution is 2.08. The van der Waals surface area contributed by atoms with Gasteiger partial charge in [0.25, 0.3) is 0 Å². The minimum absolute atomic E-state index is 0.560. The summed E-state index contributed by atoms with van der Waals surface area (Å²) >= 11 is 0. The van der Waals surface area contributed by atoms with Gasteiger partial charge in [-0.25, -0.2) is 0 Å². The third-order valence-electron chi connectivity index (χ3n) is 4.50. The van der Waals surface area contributed by atoms with Crippen LogP contribution in [0.1, 0.15) is 117 Å². The fraction of sp³-hybridized carbons (Fsp3) is 0.714. The average molecular weight is 396 g/mol. The molecule has 1 heteroatoms. The van der Waals surface area contributed by atoms with E-state index in [1.165, 1.54) is 89.9 Å². The van der Waals surface area contributed by atoms with Crippen LogP contribution in [0.5, 0.6) is 0 Å². The summed E-state index contributed by atoms with van der Waals surface area (Å²) in [7, 11) is 0. The summed E-state index contributed by atoms with van der Waals surface area (Å²) in [5.74, 6) is 17.2. The molecular weight excluding hydrogens is 350 g/mol. The molecular formula is C28H45N. The Hall–Kier alpha value is -1.80. The molecule has 0 aromatic carbocycles. The lowest BCUT2D eigenvalue weighted by Crippen LogP contribution is -2.12. The van der Waals surface area contributed by atoms with Gasteiger partial charge in [-0.1, -0.05) is 115 Å². The maximum atomic E-state index is 4.89. The van der Waals surface area contributed by atoms with Crippen molar-refractivity contribution in [3.63, 3.8) is 0 Å². The molecule has 0 saturated carbocycles. The van der Waals surface area contributed by atoms with Crippen LogP contribution >= 0.6 is 0 Å². The highest BCUT2D eigenvalue weighted by atomic mass is 14.8. The predicted octanol–water partition coefficient (Wildman–Crippen LogP) is 7.12. The van der Waals surface area contributed by atoms with E-state index in [0.29, 0.717) is 13.1 Å². The van der Waals surface area contributed by atoms with Gasteiger partial charge < -0.3 is 0 Å². The quantitative estimate of drug-likeness (QED) is 0.217. The van der Waals surface area contributed by atoms with Crippen LogP contribution in [-0.2, 0) is 0 Å². The van der Waals surface area contributed by atoms with Crippen LogP contribution < -0.4 is 5.32 Å². The molecule has 162 valence electrons. The first-order valence-electron chi connectivity index (χ1n) is 11.9. The third kappa shape index (κ3) is 34.1. The standard InChI is InChI=1S/C22H38.C6H7N/c1-3-5-7-9-11-13-15-17-19-21-22-20-18-16-14-12-10-8-6-4-2;1-3-5-7-6-4-2/h3-18H2,1-2H3;1-2,7H,5-6H2. The molecule has 29 heavy (non-hydrogen) atoms. The molecule has 0 fully saturated rings. The summed E-state index contributed by atoms with van der Waals surface area (Å²) in [5.41, 5.74) is 0. The van der Waals surface area contributed by atoms with Crippen molar-refractivity contribution in [3.8, 4) is 48.4 Å². The summed E-state index contributed by atoms with van der Waals surface area (Å²) in [4.78, 5) is 0. The molecule has 0 bridgehead atoms. The third-order valence-corrected chi connectivity index (χ3v) is 4.50. The Labute approximate surface area is 183 Å². The normalized spacial score (nSPS) is 8.97. The zero-order valence-corrected chi connectivity index (χ0v) is 19.4. The van der Waals surface area contributed by atoms with Crippen molar-refractivity contribution in [3.05, 3.63) is 0 Å². The SMILES string of the molecule is C#CCNCC#C.CCCCCCCCCC#CC#CCCCCCCCCC. The van der Waals surface area contributed by atoms with Crippen LogP contribution in [-0.4, -0.2) is 13.1 Å². The van der Waals surface area contributed by atoms with Gasteiger partial charge in [-0.05, 0) is 24.7 Å². The molecule has 0 unspecified atom stereocenters. The van der Waals surface area contributed by atoms with Crippen LogP contribution in [0.15, 0.2) is 0 Å². The highest BCUT2D eigenvalue weighted by molar-refractivity contribution is 5.25. The van der Waals surface area contributed by atoms with Gasteiger partial charge in [-0.2, -0.15) is 0 Å². The predicted molar refractivity (Wildman–Crippen MR) is 131 cm³/mol. The van der Waals surface area contributed by atoms with Crippen LogP contribution in [0.3, 0.4) is 0 Å². The van der Waals surface area contributed by atoms with Crippen molar-refractivity contribution in [1.82, 2.24) is 5.32 Å². The van der Waals surface area contributed by atoms with E-state index in [2.05, 4.69) is 54.7 Å². The summed E-state index contributed by atoms with van der Waals surface area (Å²) in [5, 5.41) is 2.81. The Morgan fingerprint density at radius 3 is 1.21 bits per heavy atom. The van der Waals surface area contributed by atoms with Gasteiger partial charge in [0.2, 0.25) is 0 Å². The second-order valence-electron chi connectivity index (χ2n) is 7.36. The van der Waals surface area contributed by atoms with E-state index < -0.39 is 0 Å². The monoisotopic (exact) mass is 395 g/mol. The van der Waals surface area contributed by atoms with E-state index in [9.17, 15) is 0 Å². The van der Waals surface area contributed by atoms with Crippen molar-refractivity contribution in [2.24, 2.45) is 0 Å². The molecule has 1 N–H and O–H groups in total. The topological polar surface area (TPSA) is 12.0 Å². The first-order chi connectivity index (χ1) is 14.3. The minimum Gasteiger partial charge on any atom is -0.295 e. The molecule has 0 heterocycles. The van der Waals surface area contributed by atoms with Crippen molar-refractivity contribution in [2.45, 2.75) is 117 Å². The number of hydrogen-bond donors (Lipinski definition) is 1. The lowest BCUT2D eigenvalue weighted by Gasteiger charge is -1.97. The highest BCUT2D eigenvalue weighted by Gasteiger charge is 1.90. The second kappa shape index (κ2) is 30.9. The number of unbranched alkanes of at least 4 members (excludes halogenated alkanes) is 14. The van der Waals surface area contributed by atoms with Gasteiger partial charge in [0, 0.05) is 12.8 Å². The second-order valence-corrected chi connectivity index (χ2v) is 7.36. The summed E-state index contributed by atoms with van der Waals surface area (Å²) in [6.07, 6.45) is 30.9. The van der Waals surface area contributed by atoms with Gasteiger partial charge in [0.15, 0.2) is 0 Å². The lowest BCUT2D eigenvalue weighted by atomic mass is 10.1. The maximum absolute atomic E-state index is 4.89. The number of nitrogens with one attached hydrogen (secondary N) is 1. The van der Waals surface area contributed by atoms with E-state index in [0.717, 1.165) is 12.8 Å². The largest absolute Gasteiger partial charge is 0.295 e. The smallest absolute Gasteiger partial charge is 0.0581 e. The molecule has 0 radical (unpaired) electrons. The van der Waals surface area contributed by atoms with E-state index >= 15 is 0 Å². The van der Waals surface area contributed by atoms with Crippen molar-refractivity contribution in [1.29, 1.82) is 0 Å². The molecule has 0 atom stereocenters. The molecule has 0 aromatic rings. The molecule has 0 aliphatic rings. The van der Waals surface area contributed by atoms with E-state index in [1.54, 1.807) is 0 Å². The Kier molecular flexibility index (Phi) is 31.3. The fourth-order valence-electron chi connectivity index (χ4n) is 2.76. The van der Waals surface area contributed by atoms with Crippen molar-refractivity contribution < 1.29 is 0 Å². The summed E-state index contributed by atoms with van der Waals surface area (Å²) < 4.78 is 0. The Bertz CT molecular complexity index is 461. The lowest BCUT2D eigenvalue weighted by molar-refractivity contribution is 0.594. The van der Waals surface area contributed by atoms with Gasteiger partial charge in [0.1, 0.15) is 0 Å². The fourth-order valence-corrected chi connectivity index (χ4v) is 2.76. The minimum atomic E-state index is 0.560. The molecule has 1 nitrogen and oxygen atoms in total. The van der Waals surface area contributed by atoms with Crippen molar-refractivity contribution >= 4 is 0 Å². The molecule has 0 aliphatic carbocycles. The zero-order chi connectivity index (χ0) is 21.7. The summed E-state index contributed by atoms with van der Waals surface area (Å²) in [6.45, 7) is 5.66. The van der Waals surface area contributed by atoms with Crippen LogP contribution in [0.25, 0.3) is 0 Å². The Morgan fingerprint density at radius 2 is 0.862 bits per heavy atom. The van der Waals surface area contributed by atoms with Gasteiger partial charge in [0.05, 0.1) is 13.1 Å². The zero-order valence-electron chi connectivity index (χ0n) is 19.4. The van der Waals surface area contributed by atoms with E-state index in [1.807, 2.05) is 0 Å². The Morgan fingerprint density at radius 1 is 0.517 bits per heavy atom. The van der Waals surface area contributed by atoms with Crippen molar-refractivity contribution in [2.75, 3.05) is 13.1 Å². The molecule has 0 aromatic heterocycles. The molecule has 0 saturated heterocycles. The number of terminal acetylenes is 2. The van der Waals surface area contributed by atoms with Crippen LogP contribution in [0.2, 0.25) is 0 Å². The van der Waals surface area contributed by atoms with E-state index in [-0.39, 0.29) is 0 Å². The number of hydrogen-bond acceptors (Lipinski definition) is 1. The van der Waals surface area contributed by atoms with Gasteiger partial charge in [-0.15, -0.1) is 12.8 Å². The molecule has 0 aliphatic heterocycles. The molecule has 0 spiro atoms. The van der Waals surface area contributed by atoms with E-state index in [4.69, 9.17) is 12.8 Å². The average Bonchev–Trinajstić information content (AvgIpc) is 2.74. The van der Waals surface area contributed by atoms with Crippen LogP contribution in [0.4, 0.5) is 0 Å². The molecule has 0 rings (SSSR count). The van der Waals surface area contributed by atoms with Gasteiger partial charge in [-0.3, -0.25) is 5.32 Å². The number of rotatable bonds is 16. The van der Waals surface area contributed by atoms with Crippen LogP contribution in [0, 0.1) is 48.4 Å². The molecule has 0 amide bonds. The van der Waals surface area contributed by atoms with Gasteiger partial charge >= 0.3 is 0 Å². The summed E-state index contributed by atoms with van der Waals surface area (Å²) in [6, 6.07) is 0. The Balaban J connectivity index is 0.